The SMILES string of the molecule is CCc1cc2c(cc1Nc1ncc(C(F)(F)F)c(-c3cc(C(N)=O)cs3)n1)CCN(C)C2. The molecular weight excluding hydrogens is 439 g/mol. The van der Waals surface area contributed by atoms with Crippen LogP contribution in [0.15, 0.2) is 29.8 Å². The molecule has 168 valence electrons. The van der Waals surface area contributed by atoms with Crippen molar-refractivity contribution in [3.63, 3.8) is 0 Å². The highest BCUT2D eigenvalue weighted by atomic mass is 32.1. The number of aryl methyl sites for hydroxylation is 1. The highest BCUT2D eigenvalue weighted by molar-refractivity contribution is 7.13. The van der Waals surface area contributed by atoms with E-state index in [1.807, 2.05) is 13.0 Å². The molecule has 0 saturated heterocycles. The summed E-state index contributed by atoms with van der Waals surface area (Å²) in [5, 5.41) is 4.53. The van der Waals surface area contributed by atoms with Gasteiger partial charge in [0.25, 0.3) is 0 Å². The third-order valence-electron chi connectivity index (χ3n) is 5.47. The Bertz CT molecular complexity index is 1170. The zero-order valence-corrected chi connectivity index (χ0v) is 18.4. The number of hydrogen-bond acceptors (Lipinski definition) is 6. The fourth-order valence-electron chi connectivity index (χ4n) is 3.76. The number of carbonyl (C=O) groups excluding carboxylic acids is 1. The number of thiophene rings is 1. The molecule has 3 heterocycles. The lowest BCUT2D eigenvalue weighted by molar-refractivity contribution is -0.137. The second-order valence-electron chi connectivity index (χ2n) is 7.76. The molecule has 0 fully saturated rings. The van der Waals surface area contributed by atoms with Crippen LogP contribution in [0.1, 0.15) is 39.5 Å². The van der Waals surface area contributed by atoms with Gasteiger partial charge in [0.2, 0.25) is 11.9 Å². The Balaban J connectivity index is 1.74. The second kappa shape index (κ2) is 8.51. The lowest BCUT2D eigenvalue weighted by Gasteiger charge is -2.26. The molecular formula is C22H22F3N5OS. The number of aromatic nitrogens is 2. The zero-order chi connectivity index (χ0) is 23.0. The van der Waals surface area contributed by atoms with E-state index in [1.165, 1.54) is 22.6 Å². The molecule has 0 spiro atoms. The molecule has 0 atom stereocenters. The maximum absolute atomic E-state index is 13.6. The molecule has 6 nitrogen and oxygen atoms in total. The summed E-state index contributed by atoms with van der Waals surface area (Å²) in [6.45, 7) is 3.83. The number of amides is 1. The van der Waals surface area contributed by atoms with Gasteiger partial charge in [0.05, 0.1) is 16.1 Å². The molecule has 1 aliphatic rings. The van der Waals surface area contributed by atoms with Gasteiger partial charge in [-0.3, -0.25) is 4.79 Å². The molecule has 0 aliphatic carbocycles. The van der Waals surface area contributed by atoms with Crippen LogP contribution in [0.25, 0.3) is 10.6 Å². The molecule has 1 aromatic carbocycles. The van der Waals surface area contributed by atoms with E-state index in [-0.39, 0.29) is 22.1 Å². The Labute approximate surface area is 187 Å². The maximum Gasteiger partial charge on any atom is 0.420 e. The van der Waals surface area contributed by atoms with Gasteiger partial charge < -0.3 is 16.0 Å². The number of rotatable bonds is 5. The molecule has 0 radical (unpaired) electrons. The van der Waals surface area contributed by atoms with Gasteiger partial charge in [-0.2, -0.15) is 13.2 Å². The van der Waals surface area contributed by atoms with Crippen molar-refractivity contribution in [1.82, 2.24) is 14.9 Å². The lowest BCUT2D eigenvalue weighted by Crippen LogP contribution is -2.26. The first-order valence-electron chi connectivity index (χ1n) is 10.1. The van der Waals surface area contributed by atoms with Crippen molar-refractivity contribution in [2.24, 2.45) is 5.73 Å². The van der Waals surface area contributed by atoms with E-state index < -0.39 is 17.6 Å². The Morgan fingerprint density at radius 2 is 2.06 bits per heavy atom. The highest BCUT2D eigenvalue weighted by Gasteiger charge is 2.36. The zero-order valence-electron chi connectivity index (χ0n) is 17.6. The number of hydrogen-bond donors (Lipinski definition) is 2. The van der Waals surface area contributed by atoms with Gasteiger partial charge in [0.15, 0.2) is 0 Å². The number of nitrogens with zero attached hydrogens (tertiary/aromatic N) is 3. The van der Waals surface area contributed by atoms with Crippen molar-refractivity contribution in [1.29, 1.82) is 0 Å². The van der Waals surface area contributed by atoms with Crippen LogP contribution in [0.3, 0.4) is 0 Å². The Kier molecular flexibility index (Phi) is 5.91. The molecule has 4 rings (SSSR count). The minimum Gasteiger partial charge on any atom is -0.366 e. The van der Waals surface area contributed by atoms with Crippen molar-refractivity contribution >= 4 is 28.9 Å². The number of primary amides is 1. The number of carbonyl (C=O) groups is 1. The van der Waals surface area contributed by atoms with E-state index in [1.54, 1.807) is 0 Å². The van der Waals surface area contributed by atoms with E-state index in [2.05, 4.69) is 33.3 Å². The number of benzene rings is 1. The van der Waals surface area contributed by atoms with E-state index in [4.69, 9.17) is 5.73 Å². The van der Waals surface area contributed by atoms with Gasteiger partial charge in [-0.25, -0.2) is 9.97 Å². The van der Waals surface area contributed by atoms with Crippen LogP contribution in [0.4, 0.5) is 24.8 Å². The molecule has 10 heteroatoms. The van der Waals surface area contributed by atoms with Crippen LogP contribution in [0.5, 0.6) is 0 Å². The van der Waals surface area contributed by atoms with Gasteiger partial charge >= 0.3 is 6.18 Å². The normalized spacial score (nSPS) is 14.3. The summed E-state index contributed by atoms with van der Waals surface area (Å²) >= 11 is 0.979. The molecule has 1 aliphatic heterocycles. The van der Waals surface area contributed by atoms with Gasteiger partial charge in [-0.05, 0) is 48.7 Å². The van der Waals surface area contributed by atoms with E-state index in [0.717, 1.165) is 54.7 Å². The Morgan fingerprint density at radius 3 is 2.72 bits per heavy atom. The third-order valence-corrected chi connectivity index (χ3v) is 6.40. The molecule has 3 N–H and O–H groups in total. The number of likely N-dealkylation sites (N-methyl/N-ethyl adjacent to an activating group) is 1. The Hall–Kier alpha value is -2.98. The van der Waals surface area contributed by atoms with E-state index in [9.17, 15) is 18.0 Å². The average Bonchev–Trinajstić information content (AvgIpc) is 3.23. The van der Waals surface area contributed by atoms with E-state index >= 15 is 0 Å². The van der Waals surface area contributed by atoms with Crippen LogP contribution in [0.2, 0.25) is 0 Å². The standard InChI is InChI=1S/C22H22F3N5OS/c1-3-12-6-14-10-30(2)5-4-13(14)7-17(12)28-21-27-9-16(22(23,24)25)19(29-21)18-8-15(11-32-18)20(26)31/h6-9,11H,3-5,10H2,1-2H3,(H2,26,31)(H,27,28,29). The number of nitrogens with one attached hydrogen (secondary N) is 1. The first-order valence-corrected chi connectivity index (χ1v) is 11.0. The summed E-state index contributed by atoms with van der Waals surface area (Å²) in [5.74, 6) is -0.648. The number of halogens is 3. The van der Waals surface area contributed by atoms with Gasteiger partial charge in [-0.15, -0.1) is 11.3 Å². The fourth-order valence-corrected chi connectivity index (χ4v) is 4.66. The van der Waals surface area contributed by atoms with Crippen LogP contribution in [0, 0.1) is 0 Å². The quantitative estimate of drug-likeness (QED) is 0.579. The van der Waals surface area contributed by atoms with Crippen molar-refractivity contribution in [2.45, 2.75) is 32.5 Å². The van der Waals surface area contributed by atoms with Crippen molar-refractivity contribution in [3.05, 3.63) is 57.6 Å². The van der Waals surface area contributed by atoms with Crippen LogP contribution < -0.4 is 11.1 Å². The van der Waals surface area contributed by atoms with Crippen LogP contribution in [-0.4, -0.2) is 34.4 Å². The van der Waals surface area contributed by atoms with E-state index in [0.29, 0.717) is 0 Å². The molecule has 1 amide bonds. The minimum absolute atomic E-state index is 0.0598. The van der Waals surface area contributed by atoms with Crippen molar-refractivity contribution < 1.29 is 18.0 Å². The minimum atomic E-state index is -4.64. The molecule has 32 heavy (non-hydrogen) atoms. The summed E-state index contributed by atoms with van der Waals surface area (Å²) in [6.07, 6.45) is -2.22. The number of nitrogens with two attached hydrogens (primary N) is 1. The maximum atomic E-state index is 13.6. The molecule has 0 saturated carbocycles. The topological polar surface area (TPSA) is 84.1 Å². The molecule has 2 aromatic heterocycles. The molecule has 0 bridgehead atoms. The van der Waals surface area contributed by atoms with Gasteiger partial charge in [0.1, 0.15) is 5.56 Å². The van der Waals surface area contributed by atoms with Crippen LogP contribution >= 0.6 is 11.3 Å². The largest absolute Gasteiger partial charge is 0.420 e. The first-order chi connectivity index (χ1) is 15.2. The fraction of sp³-hybridized carbons (Fsp3) is 0.318. The predicted molar refractivity (Wildman–Crippen MR) is 118 cm³/mol. The summed E-state index contributed by atoms with van der Waals surface area (Å²) < 4.78 is 40.8. The average molecular weight is 462 g/mol. The highest BCUT2D eigenvalue weighted by Crippen LogP contribution is 2.39. The molecule has 0 unspecified atom stereocenters. The summed E-state index contributed by atoms with van der Waals surface area (Å²) in [4.78, 5) is 22.0. The lowest BCUT2D eigenvalue weighted by atomic mass is 9.95. The Morgan fingerprint density at radius 1 is 1.28 bits per heavy atom. The van der Waals surface area contributed by atoms with Gasteiger partial charge in [0, 0.05) is 30.4 Å². The number of anilines is 2. The molecule has 3 aromatic rings. The second-order valence-corrected chi connectivity index (χ2v) is 8.67. The summed E-state index contributed by atoms with van der Waals surface area (Å²) in [7, 11) is 2.08. The predicted octanol–water partition coefficient (Wildman–Crippen LogP) is 4.62. The smallest absolute Gasteiger partial charge is 0.366 e. The third kappa shape index (κ3) is 4.46. The van der Waals surface area contributed by atoms with Crippen LogP contribution in [-0.2, 0) is 25.6 Å². The van der Waals surface area contributed by atoms with Gasteiger partial charge in [-0.1, -0.05) is 13.0 Å². The summed E-state index contributed by atoms with van der Waals surface area (Å²) in [5.41, 5.74) is 8.42. The summed E-state index contributed by atoms with van der Waals surface area (Å²) in [6, 6.07) is 5.50. The number of alkyl halides is 3. The first kappa shape index (κ1) is 22.2. The van der Waals surface area contributed by atoms with Crippen molar-refractivity contribution in [2.75, 3.05) is 18.9 Å². The van der Waals surface area contributed by atoms with Crippen molar-refractivity contribution in [3.8, 4) is 10.6 Å². The number of fused-ring (bicyclic) bond motifs is 1. The monoisotopic (exact) mass is 461 g/mol.